The lowest BCUT2D eigenvalue weighted by Crippen LogP contribution is -2.47. The summed E-state index contributed by atoms with van der Waals surface area (Å²) in [4.78, 5) is 14.2. The SMILES string of the molecule is CC(C)(C)OC(=O)N1CCCCC1Cc1nnc(-c2ccc(F)cc2)o1. The van der Waals surface area contributed by atoms with Gasteiger partial charge in [-0.15, -0.1) is 10.2 Å². The number of ether oxygens (including phenoxy) is 1. The number of likely N-dealkylation sites (tertiary alicyclic amines) is 1. The van der Waals surface area contributed by atoms with E-state index in [-0.39, 0.29) is 18.0 Å². The summed E-state index contributed by atoms with van der Waals surface area (Å²) in [5.74, 6) is 0.494. The monoisotopic (exact) mass is 361 g/mol. The molecular weight excluding hydrogens is 337 g/mol. The van der Waals surface area contributed by atoms with Gasteiger partial charge < -0.3 is 14.1 Å². The summed E-state index contributed by atoms with van der Waals surface area (Å²) in [7, 11) is 0. The molecule has 0 saturated carbocycles. The molecule has 0 N–H and O–H groups in total. The van der Waals surface area contributed by atoms with Crippen molar-refractivity contribution in [3.8, 4) is 11.5 Å². The molecular formula is C19H24FN3O3. The molecule has 7 heteroatoms. The summed E-state index contributed by atoms with van der Waals surface area (Å²) in [6, 6.07) is 5.87. The molecule has 0 aliphatic carbocycles. The zero-order valence-corrected chi connectivity index (χ0v) is 15.4. The highest BCUT2D eigenvalue weighted by Crippen LogP contribution is 2.24. The number of hydrogen-bond donors (Lipinski definition) is 0. The Labute approximate surface area is 152 Å². The third-order valence-electron chi connectivity index (χ3n) is 4.22. The Kier molecular flexibility index (Phi) is 5.25. The van der Waals surface area contributed by atoms with E-state index in [0.29, 0.717) is 30.3 Å². The third-order valence-corrected chi connectivity index (χ3v) is 4.22. The van der Waals surface area contributed by atoms with E-state index < -0.39 is 5.60 Å². The average Bonchev–Trinajstić information content (AvgIpc) is 3.03. The number of carbonyl (C=O) groups is 1. The second-order valence-corrected chi connectivity index (χ2v) is 7.54. The van der Waals surface area contributed by atoms with Crippen LogP contribution in [-0.4, -0.2) is 39.4 Å². The zero-order valence-electron chi connectivity index (χ0n) is 15.4. The van der Waals surface area contributed by atoms with E-state index in [1.54, 1.807) is 17.0 Å². The number of nitrogens with zero attached hydrogens (tertiary/aromatic N) is 3. The first kappa shape index (κ1) is 18.4. The lowest BCUT2D eigenvalue weighted by atomic mass is 10.00. The van der Waals surface area contributed by atoms with E-state index in [1.165, 1.54) is 12.1 Å². The second-order valence-electron chi connectivity index (χ2n) is 7.54. The topological polar surface area (TPSA) is 68.5 Å². The molecule has 1 amide bonds. The van der Waals surface area contributed by atoms with Gasteiger partial charge in [-0.2, -0.15) is 0 Å². The van der Waals surface area contributed by atoms with Gasteiger partial charge in [0.1, 0.15) is 11.4 Å². The van der Waals surface area contributed by atoms with Crippen LogP contribution in [0.3, 0.4) is 0 Å². The van der Waals surface area contributed by atoms with Crippen LogP contribution in [0.4, 0.5) is 9.18 Å². The zero-order chi connectivity index (χ0) is 18.7. The summed E-state index contributed by atoms with van der Waals surface area (Å²) >= 11 is 0. The van der Waals surface area contributed by atoms with E-state index in [9.17, 15) is 9.18 Å². The van der Waals surface area contributed by atoms with Crippen LogP contribution in [0.1, 0.15) is 45.9 Å². The summed E-state index contributed by atoms with van der Waals surface area (Å²) < 4.78 is 24.3. The van der Waals surface area contributed by atoms with Crippen LogP contribution in [0, 0.1) is 5.82 Å². The quantitative estimate of drug-likeness (QED) is 0.819. The maximum Gasteiger partial charge on any atom is 0.410 e. The van der Waals surface area contributed by atoms with E-state index in [4.69, 9.17) is 9.15 Å². The molecule has 1 aliphatic heterocycles. The van der Waals surface area contributed by atoms with Crippen molar-refractivity contribution >= 4 is 6.09 Å². The largest absolute Gasteiger partial charge is 0.444 e. The Balaban J connectivity index is 1.70. The molecule has 6 nitrogen and oxygen atoms in total. The molecule has 2 aromatic rings. The molecule has 1 aromatic heterocycles. The number of benzene rings is 1. The van der Waals surface area contributed by atoms with Gasteiger partial charge in [-0.1, -0.05) is 0 Å². The minimum atomic E-state index is -0.528. The first-order valence-electron chi connectivity index (χ1n) is 8.90. The number of aromatic nitrogens is 2. The van der Waals surface area contributed by atoms with E-state index >= 15 is 0 Å². The number of amides is 1. The molecule has 0 bridgehead atoms. The highest BCUT2D eigenvalue weighted by molar-refractivity contribution is 5.68. The van der Waals surface area contributed by atoms with Crippen LogP contribution >= 0.6 is 0 Å². The van der Waals surface area contributed by atoms with Gasteiger partial charge in [0.15, 0.2) is 0 Å². The lowest BCUT2D eigenvalue weighted by molar-refractivity contribution is 0.00931. The van der Waals surface area contributed by atoms with Gasteiger partial charge in [0.25, 0.3) is 0 Å². The van der Waals surface area contributed by atoms with Crippen LogP contribution < -0.4 is 0 Å². The van der Waals surface area contributed by atoms with Gasteiger partial charge in [0.2, 0.25) is 11.8 Å². The number of carbonyl (C=O) groups excluding carboxylic acids is 1. The molecule has 140 valence electrons. The molecule has 1 saturated heterocycles. The van der Waals surface area contributed by atoms with Gasteiger partial charge in [-0.05, 0) is 64.3 Å². The van der Waals surface area contributed by atoms with Crippen LogP contribution in [0.25, 0.3) is 11.5 Å². The summed E-state index contributed by atoms with van der Waals surface area (Å²) in [6.45, 7) is 6.24. The van der Waals surface area contributed by atoms with E-state index in [2.05, 4.69) is 10.2 Å². The van der Waals surface area contributed by atoms with E-state index in [0.717, 1.165) is 19.3 Å². The van der Waals surface area contributed by atoms with Crippen molar-refractivity contribution in [2.45, 2.75) is 58.1 Å². The lowest BCUT2D eigenvalue weighted by Gasteiger charge is -2.36. The highest BCUT2D eigenvalue weighted by atomic mass is 19.1. The van der Waals surface area contributed by atoms with Gasteiger partial charge in [-0.25, -0.2) is 9.18 Å². The normalized spacial score (nSPS) is 18.0. The molecule has 26 heavy (non-hydrogen) atoms. The molecule has 1 aromatic carbocycles. The van der Waals surface area contributed by atoms with Crippen molar-refractivity contribution < 1.29 is 18.3 Å². The molecule has 0 spiro atoms. The molecule has 0 radical (unpaired) electrons. The molecule has 3 rings (SSSR count). The highest BCUT2D eigenvalue weighted by Gasteiger charge is 2.31. The Bertz CT molecular complexity index is 752. The van der Waals surface area contributed by atoms with Crippen molar-refractivity contribution in [3.05, 3.63) is 36.0 Å². The number of hydrogen-bond acceptors (Lipinski definition) is 5. The number of halogens is 1. The number of rotatable bonds is 3. The maximum absolute atomic E-state index is 13.0. The van der Waals surface area contributed by atoms with Gasteiger partial charge in [-0.3, -0.25) is 0 Å². The maximum atomic E-state index is 13.0. The van der Waals surface area contributed by atoms with Crippen molar-refractivity contribution in [1.29, 1.82) is 0 Å². The van der Waals surface area contributed by atoms with Crippen LogP contribution in [0.2, 0.25) is 0 Å². The number of piperidine rings is 1. The molecule has 1 fully saturated rings. The van der Waals surface area contributed by atoms with Gasteiger partial charge >= 0.3 is 6.09 Å². The fraction of sp³-hybridized carbons (Fsp3) is 0.526. The van der Waals surface area contributed by atoms with Crippen molar-refractivity contribution in [3.63, 3.8) is 0 Å². The van der Waals surface area contributed by atoms with Crippen LogP contribution in [0.15, 0.2) is 28.7 Å². The van der Waals surface area contributed by atoms with Gasteiger partial charge in [0.05, 0.1) is 0 Å². The Hall–Kier alpha value is -2.44. The van der Waals surface area contributed by atoms with E-state index in [1.807, 2.05) is 20.8 Å². The molecule has 2 heterocycles. The Morgan fingerprint density at radius 2 is 2.00 bits per heavy atom. The van der Waals surface area contributed by atoms with Crippen molar-refractivity contribution in [2.75, 3.05) is 6.54 Å². The predicted octanol–water partition coefficient (Wildman–Crippen LogP) is 4.21. The standard InChI is InChI=1S/C19H24FN3O3/c1-19(2,3)26-18(24)23-11-5-4-6-15(23)12-16-21-22-17(25-16)13-7-9-14(20)10-8-13/h7-10,15H,4-6,11-12H2,1-3H3. The fourth-order valence-corrected chi connectivity index (χ4v) is 3.02. The van der Waals surface area contributed by atoms with Crippen molar-refractivity contribution in [2.24, 2.45) is 0 Å². The molecule has 1 atom stereocenters. The minimum Gasteiger partial charge on any atom is -0.444 e. The van der Waals surface area contributed by atoms with Gasteiger partial charge in [0, 0.05) is 24.6 Å². The summed E-state index contributed by atoms with van der Waals surface area (Å²) in [6.07, 6.45) is 3.05. The summed E-state index contributed by atoms with van der Waals surface area (Å²) in [5, 5.41) is 8.13. The third kappa shape index (κ3) is 4.59. The Morgan fingerprint density at radius 3 is 2.69 bits per heavy atom. The minimum absolute atomic E-state index is 0.0277. The second kappa shape index (κ2) is 7.43. The predicted molar refractivity (Wildman–Crippen MR) is 94.0 cm³/mol. The van der Waals surface area contributed by atoms with Crippen LogP contribution in [-0.2, 0) is 11.2 Å². The van der Waals surface area contributed by atoms with Crippen LogP contribution in [0.5, 0.6) is 0 Å². The smallest absolute Gasteiger partial charge is 0.410 e. The average molecular weight is 361 g/mol. The van der Waals surface area contributed by atoms with Crippen molar-refractivity contribution in [1.82, 2.24) is 15.1 Å². The summed E-state index contributed by atoms with van der Waals surface area (Å²) in [5.41, 5.74) is 0.136. The molecule has 1 unspecified atom stereocenters. The fourth-order valence-electron chi connectivity index (χ4n) is 3.02. The molecule has 1 aliphatic rings. The first-order valence-corrected chi connectivity index (χ1v) is 8.90. The Morgan fingerprint density at radius 1 is 1.27 bits per heavy atom. The first-order chi connectivity index (χ1) is 12.3.